The Hall–Kier alpha value is -1.30. The van der Waals surface area contributed by atoms with Crippen molar-refractivity contribution in [1.29, 1.82) is 0 Å². The smallest absolute Gasteiger partial charge is 0.0131 e. The quantitative estimate of drug-likeness (QED) is 0.300. The van der Waals surface area contributed by atoms with Gasteiger partial charge in [-0.3, -0.25) is 0 Å². The fourth-order valence-corrected chi connectivity index (χ4v) is 3.58. The molecule has 0 spiro atoms. The van der Waals surface area contributed by atoms with Gasteiger partial charge in [-0.25, -0.2) is 0 Å². The molecule has 1 aliphatic carbocycles. The van der Waals surface area contributed by atoms with Gasteiger partial charge in [0.25, 0.3) is 0 Å². The Balaban J connectivity index is -0.000000437. The summed E-state index contributed by atoms with van der Waals surface area (Å²) in [5, 5.41) is 0. The molecule has 0 nitrogen and oxygen atoms in total. The molecule has 1 aliphatic rings. The highest BCUT2D eigenvalue weighted by Gasteiger charge is 2.25. The van der Waals surface area contributed by atoms with Crippen molar-refractivity contribution in [2.75, 3.05) is 0 Å². The van der Waals surface area contributed by atoms with E-state index in [0.717, 1.165) is 12.3 Å². The zero-order valence-corrected chi connectivity index (χ0v) is 23.6. The van der Waals surface area contributed by atoms with Crippen LogP contribution in [0.25, 0.3) is 0 Å². The average Bonchev–Trinajstić information content (AvgIpc) is 2.82. The van der Waals surface area contributed by atoms with Gasteiger partial charge in [0, 0.05) is 0 Å². The second-order valence-electron chi connectivity index (χ2n) is 9.01. The summed E-state index contributed by atoms with van der Waals surface area (Å²) in [6.07, 6.45) is 16.0. The monoisotopic (exact) mass is 430 g/mol. The van der Waals surface area contributed by atoms with E-state index in [1.807, 2.05) is 33.8 Å². The van der Waals surface area contributed by atoms with Gasteiger partial charge in [-0.15, -0.1) is 0 Å². The van der Waals surface area contributed by atoms with Crippen molar-refractivity contribution in [2.24, 2.45) is 17.3 Å². The minimum Gasteiger partial charge on any atom is -0.0988 e. The highest BCUT2D eigenvalue weighted by molar-refractivity contribution is 5.21. The maximum atomic E-state index is 4.12. The van der Waals surface area contributed by atoms with Crippen molar-refractivity contribution >= 4 is 0 Å². The third kappa shape index (κ3) is 16.1. The molecule has 0 aromatic rings. The van der Waals surface area contributed by atoms with Gasteiger partial charge in [0.2, 0.25) is 0 Å². The van der Waals surface area contributed by atoms with Gasteiger partial charge < -0.3 is 0 Å². The van der Waals surface area contributed by atoms with Gasteiger partial charge in [0.1, 0.15) is 0 Å². The van der Waals surface area contributed by atoms with Crippen LogP contribution < -0.4 is 0 Å². The SMILES string of the molecule is C=C/C(=C/C)C(CC)C/C(C)=C/C.C=C1/C=C(\C)CCC(C)C(C)(C)CC1.CC.CC. The van der Waals surface area contributed by atoms with Crippen LogP contribution in [0.5, 0.6) is 0 Å². The third-order valence-corrected chi connectivity index (χ3v) is 6.44. The van der Waals surface area contributed by atoms with Crippen LogP contribution in [0.4, 0.5) is 0 Å². The van der Waals surface area contributed by atoms with Crippen molar-refractivity contribution in [3.8, 4) is 0 Å². The van der Waals surface area contributed by atoms with Gasteiger partial charge in [0.05, 0.1) is 0 Å². The molecule has 0 N–H and O–H groups in total. The molecule has 0 amide bonds. The van der Waals surface area contributed by atoms with Crippen LogP contribution in [0.15, 0.2) is 59.8 Å². The molecule has 0 aromatic carbocycles. The van der Waals surface area contributed by atoms with E-state index in [-0.39, 0.29) is 0 Å². The lowest BCUT2D eigenvalue weighted by Crippen LogP contribution is -2.21. The lowest BCUT2D eigenvalue weighted by molar-refractivity contribution is 0.202. The second kappa shape index (κ2) is 20.6. The third-order valence-electron chi connectivity index (χ3n) is 6.44. The Bertz CT molecular complexity index is 551. The molecular weight excluding hydrogens is 372 g/mol. The van der Waals surface area contributed by atoms with Crippen molar-refractivity contribution < 1.29 is 0 Å². The van der Waals surface area contributed by atoms with E-state index in [1.165, 1.54) is 54.4 Å². The Kier molecular flexibility index (Phi) is 22.8. The normalized spacial score (nSPS) is 21.6. The molecule has 0 saturated carbocycles. The summed E-state index contributed by atoms with van der Waals surface area (Å²) in [6.45, 7) is 34.0. The predicted octanol–water partition coefficient (Wildman–Crippen LogP) is 11.3. The van der Waals surface area contributed by atoms with Crippen molar-refractivity contribution in [3.63, 3.8) is 0 Å². The largest absolute Gasteiger partial charge is 0.0988 e. The van der Waals surface area contributed by atoms with Crippen molar-refractivity contribution in [3.05, 3.63) is 59.8 Å². The zero-order chi connectivity index (χ0) is 25.0. The molecule has 31 heavy (non-hydrogen) atoms. The molecule has 0 fully saturated rings. The molecule has 2 atom stereocenters. The summed E-state index contributed by atoms with van der Waals surface area (Å²) in [5.74, 6) is 1.47. The maximum Gasteiger partial charge on any atom is -0.0131 e. The number of hydrogen-bond acceptors (Lipinski definition) is 0. The van der Waals surface area contributed by atoms with Crippen LogP contribution >= 0.6 is 0 Å². The molecule has 2 unspecified atom stereocenters. The molecule has 0 heteroatoms. The van der Waals surface area contributed by atoms with Crippen molar-refractivity contribution in [1.82, 2.24) is 0 Å². The Labute approximate surface area is 198 Å². The first kappa shape index (κ1) is 34.3. The van der Waals surface area contributed by atoms with Gasteiger partial charge in [0.15, 0.2) is 0 Å². The lowest BCUT2D eigenvalue weighted by atomic mass is 9.74. The summed E-state index contributed by atoms with van der Waals surface area (Å²) in [6, 6.07) is 0. The Morgan fingerprint density at radius 2 is 1.68 bits per heavy atom. The first-order valence-corrected chi connectivity index (χ1v) is 12.9. The predicted molar refractivity (Wildman–Crippen MR) is 149 cm³/mol. The highest BCUT2D eigenvalue weighted by atomic mass is 14.3. The topological polar surface area (TPSA) is 0 Å². The highest BCUT2D eigenvalue weighted by Crippen LogP contribution is 2.37. The molecule has 1 rings (SSSR count). The van der Waals surface area contributed by atoms with Gasteiger partial charge >= 0.3 is 0 Å². The van der Waals surface area contributed by atoms with E-state index in [1.54, 1.807) is 0 Å². The van der Waals surface area contributed by atoms with Crippen LogP contribution in [0.1, 0.15) is 122 Å². The van der Waals surface area contributed by atoms with Crippen LogP contribution in [-0.4, -0.2) is 0 Å². The first-order valence-electron chi connectivity index (χ1n) is 12.9. The number of allylic oxidation sites excluding steroid dienone is 8. The van der Waals surface area contributed by atoms with Crippen LogP contribution in [-0.2, 0) is 0 Å². The molecular formula is C31H58. The number of rotatable bonds is 5. The van der Waals surface area contributed by atoms with Gasteiger partial charge in [-0.05, 0) is 89.0 Å². The van der Waals surface area contributed by atoms with Crippen LogP contribution in [0, 0.1) is 17.3 Å². The van der Waals surface area contributed by atoms with E-state index in [9.17, 15) is 0 Å². The Morgan fingerprint density at radius 3 is 2.10 bits per heavy atom. The molecule has 182 valence electrons. The van der Waals surface area contributed by atoms with Gasteiger partial charge in [-0.2, -0.15) is 0 Å². The van der Waals surface area contributed by atoms with E-state index < -0.39 is 0 Å². The van der Waals surface area contributed by atoms with E-state index >= 15 is 0 Å². The first-order chi connectivity index (χ1) is 14.6. The second-order valence-corrected chi connectivity index (χ2v) is 9.01. The molecule has 0 aliphatic heterocycles. The van der Waals surface area contributed by atoms with Gasteiger partial charge in [-0.1, -0.05) is 110 Å². The minimum absolute atomic E-state index is 0.474. The molecule has 0 saturated heterocycles. The molecule has 0 bridgehead atoms. The molecule has 0 aromatic heterocycles. The summed E-state index contributed by atoms with van der Waals surface area (Å²) >= 11 is 0. The average molecular weight is 431 g/mol. The molecule has 0 radical (unpaired) electrons. The zero-order valence-electron chi connectivity index (χ0n) is 23.6. The Morgan fingerprint density at radius 1 is 1.13 bits per heavy atom. The van der Waals surface area contributed by atoms with E-state index in [2.05, 4.69) is 86.8 Å². The van der Waals surface area contributed by atoms with Crippen molar-refractivity contribution in [2.45, 2.75) is 122 Å². The van der Waals surface area contributed by atoms with E-state index in [4.69, 9.17) is 0 Å². The summed E-state index contributed by atoms with van der Waals surface area (Å²) in [5.41, 5.74) is 6.13. The van der Waals surface area contributed by atoms with E-state index in [0.29, 0.717) is 11.3 Å². The summed E-state index contributed by atoms with van der Waals surface area (Å²) < 4.78 is 0. The number of hydrogen-bond donors (Lipinski definition) is 0. The van der Waals surface area contributed by atoms with Crippen LogP contribution in [0.2, 0.25) is 0 Å². The summed E-state index contributed by atoms with van der Waals surface area (Å²) in [7, 11) is 0. The minimum atomic E-state index is 0.474. The fraction of sp³-hybridized carbons (Fsp3) is 0.677. The fourth-order valence-electron chi connectivity index (χ4n) is 3.58. The molecule has 0 heterocycles. The lowest BCUT2D eigenvalue weighted by Gasteiger charge is -2.31. The standard InChI is InChI=1S/C14H24.C13H22.2C2H6/c1-11-6-7-13(3)14(4,5)9-8-12(2)10-11;1-6-11(5)10-13(9-4)12(7-2)8-3;2*1-2/h10,13H,2,6-9H2,1,3-5H3;6-8,13H,2,9-10H2,1,3-5H3;2*1-2H3/b11-10+;11-6+,12-8-;;. The summed E-state index contributed by atoms with van der Waals surface area (Å²) in [4.78, 5) is 0. The van der Waals surface area contributed by atoms with Crippen LogP contribution in [0.3, 0.4) is 0 Å². The maximum absolute atomic E-state index is 4.12.